The van der Waals surface area contributed by atoms with Crippen molar-refractivity contribution in [1.29, 1.82) is 0 Å². The molecule has 112 valence electrons. The van der Waals surface area contributed by atoms with Gasteiger partial charge in [-0.25, -0.2) is 0 Å². The van der Waals surface area contributed by atoms with Crippen LogP contribution in [0.5, 0.6) is 0 Å². The molecule has 0 bridgehead atoms. The van der Waals surface area contributed by atoms with Gasteiger partial charge in [-0.15, -0.1) is 0 Å². The molecule has 20 heavy (non-hydrogen) atoms. The van der Waals surface area contributed by atoms with Gasteiger partial charge in [-0.2, -0.15) is 0 Å². The zero-order valence-electron chi connectivity index (χ0n) is 13.6. The Balaban J connectivity index is 3.34. The van der Waals surface area contributed by atoms with E-state index in [2.05, 4.69) is 26.5 Å². The molecule has 0 amide bonds. The van der Waals surface area contributed by atoms with Crippen LogP contribution in [0.4, 0.5) is 0 Å². The average Bonchev–Trinajstić information content (AvgIpc) is 2.36. The second kappa shape index (κ2) is 6.11. The molecule has 0 heterocycles. The minimum absolute atomic E-state index is 0.434. The number of hydrogen-bond acceptors (Lipinski definition) is 2. The van der Waals surface area contributed by atoms with E-state index >= 15 is 0 Å². The Hall–Kier alpha value is -1.12. The van der Waals surface area contributed by atoms with Crippen molar-refractivity contribution in [2.24, 2.45) is 5.41 Å². The van der Waals surface area contributed by atoms with Crippen molar-refractivity contribution in [1.82, 2.24) is 0 Å². The van der Waals surface area contributed by atoms with Crippen LogP contribution in [0.1, 0.15) is 70.3 Å². The topological polar surface area (TPSA) is 40.5 Å². The fraction of sp³-hybridized carbons (Fsp3) is 0.556. The molecule has 1 aromatic rings. The Morgan fingerprint density at radius 2 is 1.70 bits per heavy atom. The van der Waals surface area contributed by atoms with Gasteiger partial charge in [-0.3, -0.25) is 0 Å². The lowest BCUT2D eigenvalue weighted by Gasteiger charge is -2.35. The third-order valence-electron chi connectivity index (χ3n) is 4.28. The third-order valence-corrected chi connectivity index (χ3v) is 4.28. The largest absolute Gasteiger partial charge is 0.393 e. The first kappa shape index (κ1) is 16.9. The van der Waals surface area contributed by atoms with E-state index in [4.69, 9.17) is 0 Å². The molecule has 0 fully saturated rings. The summed E-state index contributed by atoms with van der Waals surface area (Å²) in [5, 5.41) is 20.6. The Morgan fingerprint density at radius 3 is 2.10 bits per heavy atom. The second-order valence-electron chi connectivity index (χ2n) is 6.68. The first-order valence-corrected chi connectivity index (χ1v) is 7.24. The highest BCUT2D eigenvalue weighted by atomic mass is 16.3. The highest BCUT2D eigenvalue weighted by Gasteiger charge is 2.35. The van der Waals surface area contributed by atoms with Gasteiger partial charge in [0, 0.05) is 5.41 Å². The summed E-state index contributed by atoms with van der Waals surface area (Å²) in [7, 11) is 0. The van der Waals surface area contributed by atoms with Crippen LogP contribution in [0.3, 0.4) is 0 Å². The molecule has 0 radical (unpaired) electrons. The van der Waals surface area contributed by atoms with Crippen LogP contribution in [0.15, 0.2) is 24.8 Å². The van der Waals surface area contributed by atoms with Gasteiger partial charge >= 0.3 is 0 Å². The first-order valence-electron chi connectivity index (χ1n) is 7.24. The van der Waals surface area contributed by atoms with E-state index in [0.717, 1.165) is 16.7 Å². The zero-order valence-corrected chi connectivity index (χ0v) is 13.6. The van der Waals surface area contributed by atoms with Crippen molar-refractivity contribution in [2.75, 3.05) is 0 Å². The standard InChI is InChI=1S/C18H28O2/c1-11(2)14-8-9-15(16(10-14)12(3)4)17(20)18(6,7)13(5)19/h8-11,13,17,19-20H,3H2,1-2,4-7H3/t13-,17+/m1/s1. The van der Waals surface area contributed by atoms with Crippen LogP contribution in [0.2, 0.25) is 0 Å². The molecule has 1 aromatic carbocycles. The molecule has 0 aromatic heterocycles. The number of aliphatic hydroxyl groups is 2. The van der Waals surface area contributed by atoms with Crippen molar-refractivity contribution in [3.8, 4) is 0 Å². The molecule has 0 unspecified atom stereocenters. The third kappa shape index (κ3) is 3.31. The van der Waals surface area contributed by atoms with Crippen molar-refractivity contribution in [3.05, 3.63) is 41.5 Å². The van der Waals surface area contributed by atoms with Gasteiger partial charge in [-0.1, -0.05) is 58.0 Å². The first-order chi connectivity index (χ1) is 9.09. The highest BCUT2D eigenvalue weighted by molar-refractivity contribution is 5.66. The normalized spacial score (nSPS) is 15.2. The van der Waals surface area contributed by atoms with Gasteiger partial charge in [0.25, 0.3) is 0 Å². The molecule has 2 N–H and O–H groups in total. The van der Waals surface area contributed by atoms with Crippen LogP contribution in [-0.4, -0.2) is 16.3 Å². The Labute approximate surface area is 123 Å². The fourth-order valence-corrected chi connectivity index (χ4v) is 2.17. The monoisotopic (exact) mass is 276 g/mol. The van der Waals surface area contributed by atoms with Crippen LogP contribution in [0.25, 0.3) is 5.57 Å². The maximum absolute atomic E-state index is 10.7. The Bertz CT molecular complexity index is 484. The molecular weight excluding hydrogens is 248 g/mol. The molecule has 0 spiro atoms. The van der Waals surface area contributed by atoms with Gasteiger partial charge < -0.3 is 10.2 Å². The van der Waals surface area contributed by atoms with Crippen LogP contribution in [-0.2, 0) is 0 Å². The predicted octanol–water partition coefficient (Wildman–Crippen LogP) is 4.28. The van der Waals surface area contributed by atoms with E-state index in [0.29, 0.717) is 5.92 Å². The molecule has 0 aliphatic carbocycles. The molecule has 0 saturated heterocycles. The van der Waals surface area contributed by atoms with Crippen molar-refractivity contribution < 1.29 is 10.2 Å². The molecule has 2 atom stereocenters. The lowest BCUT2D eigenvalue weighted by molar-refractivity contribution is -0.0404. The van der Waals surface area contributed by atoms with E-state index in [9.17, 15) is 10.2 Å². The van der Waals surface area contributed by atoms with E-state index in [-0.39, 0.29) is 0 Å². The van der Waals surface area contributed by atoms with Crippen molar-refractivity contribution >= 4 is 5.57 Å². The lowest BCUT2D eigenvalue weighted by atomic mass is 9.76. The number of hydrogen-bond donors (Lipinski definition) is 2. The summed E-state index contributed by atoms with van der Waals surface area (Å²) in [4.78, 5) is 0. The summed E-state index contributed by atoms with van der Waals surface area (Å²) < 4.78 is 0. The van der Waals surface area contributed by atoms with E-state index in [1.54, 1.807) is 6.92 Å². The molecule has 1 rings (SSSR count). The van der Waals surface area contributed by atoms with E-state index < -0.39 is 17.6 Å². The van der Waals surface area contributed by atoms with Gasteiger partial charge in [0.2, 0.25) is 0 Å². The average molecular weight is 276 g/mol. The Kier molecular flexibility index (Phi) is 5.17. The predicted molar refractivity (Wildman–Crippen MR) is 85.7 cm³/mol. The molecule has 0 aliphatic rings. The minimum atomic E-state index is -0.726. The SMILES string of the molecule is C=C(C)c1cc(C(C)C)ccc1[C@H](O)C(C)(C)[C@@H](C)O. The van der Waals surface area contributed by atoms with E-state index in [1.807, 2.05) is 32.9 Å². The van der Waals surface area contributed by atoms with Crippen LogP contribution >= 0.6 is 0 Å². The maximum Gasteiger partial charge on any atom is 0.0871 e. The maximum atomic E-state index is 10.7. The lowest BCUT2D eigenvalue weighted by Crippen LogP contribution is -2.33. The van der Waals surface area contributed by atoms with Gasteiger partial charge in [0.1, 0.15) is 0 Å². The van der Waals surface area contributed by atoms with Gasteiger partial charge in [0.05, 0.1) is 12.2 Å². The Morgan fingerprint density at radius 1 is 1.15 bits per heavy atom. The summed E-state index contributed by atoms with van der Waals surface area (Å²) in [5.41, 5.74) is 3.38. The smallest absolute Gasteiger partial charge is 0.0871 e. The highest BCUT2D eigenvalue weighted by Crippen LogP contribution is 2.39. The van der Waals surface area contributed by atoms with Gasteiger partial charge in [0.15, 0.2) is 0 Å². The summed E-state index contributed by atoms with van der Waals surface area (Å²) in [6, 6.07) is 6.12. The summed E-state index contributed by atoms with van der Waals surface area (Å²) in [6.45, 7) is 15.7. The molecule has 0 aliphatic heterocycles. The number of allylic oxidation sites excluding steroid dienone is 1. The number of benzene rings is 1. The molecular formula is C18H28O2. The number of aliphatic hydroxyl groups excluding tert-OH is 2. The second-order valence-corrected chi connectivity index (χ2v) is 6.68. The van der Waals surface area contributed by atoms with Crippen LogP contribution < -0.4 is 0 Å². The van der Waals surface area contributed by atoms with Crippen LogP contribution in [0, 0.1) is 5.41 Å². The van der Waals surface area contributed by atoms with Gasteiger partial charge in [-0.05, 0) is 36.5 Å². The fourth-order valence-electron chi connectivity index (χ4n) is 2.17. The minimum Gasteiger partial charge on any atom is -0.393 e. The van der Waals surface area contributed by atoms with Crippen molar-refractivity contribution in [3.63, 3.8) is 0 Å². The van der Waals surface area contributed by atoms with E-state index in [1.165, 1.54) is 5.56 Å². The van der Waals surface area contributed by atoms with Crippen molar-refractivity contribution in [2.45, 2.75) is 59.7 Å². The number of rotatable bonds is 5. The quantitative estimate of drug-likeness (QED) is 0.842. The summed E-state index contributed by atoms with van der Waals surface area (Å²) in [5.74, 6) is 0.434. The summed E-state index contributed by atoms with van der Waals surface area (Å²) >= 11 is 0. The molecule has 2 heteroatoms. The molecule has 0 saturated carbocycles. The molecule has 2 nitrogen and oxygen atoms in total. The summed E-state index contributed by atoms with van der Waals surface area (Å²) in [6.07, 6.45) is -1.32. The zero-order chi connectivity index (χ0) is 15.7.